The fourth-order valence-electron chi connectivity index (χ4n) is 8.41. The van der Waals surface area contributed by atoms with E-state index in [1.807, 2.05) is 31.2 Å². The lowest BCUT2D eigenvalue weighted by molar-refractivity contribution is -0.140. The number of fused-ring (bicyclic) bond motifs is 4. The summed E-state index contributed by atoms with van der Waals surface area (Å²) in [7, 11) is 1.10. The van der Waals surface area contributed by atoms with Crippen LogP contribution in [0.4, 0.5) is 10.5 Å². The maximum Gasteiger partial charge on any atom is 0.423 e. The molecule has 2 aliphatic carbocycles. The van der Waals surface area contributed by atoms with Crippen molar-refractivity contribution in [3.63, 3.8) is 0 Å². The molecule has 0 radical (unpaired) electrons. The summed E-state index contributed by atoms with van der Waals surface area (Å²) in [5.74, 6) is -6.80. The van der Waals surface area contributed by atoms with Crippen LogP contribution in [0.15, 0.2) is 84.4 Å². The number of anilines is 1. The van der Waals surface area contributed by atoms with E-state index in [2.05, 4.69) is 5.43 Å². The number of nitrogens with one attached hydrogen (secondary N) is 1. The average Bonchev–Trinajstić information content (AvgIpc) is 3.48. The predicted octanol–water partition coefficient (Wildman–Crippen LogP) is 4.85. The van der Waals surface area contributed by atoms with E-state index >= 15 is 4.79 Å². The van der Waals surface area contributed by atoms with Gasteiger partial charge >= 0.3 is 6.09 Å². The molecule has 6 atom stereocenters. The number of methoxy groups -OCH3 is 1. The van der Waals surface area contributed by atoms with E-state index in [4.69, 9.17) is 9.47 Å². The third-order valence-electron chi connectivity index (χ3n) is 10.4. The number of carbonyl (C=O) groups is 5. The van der Waals surface area contributed by atoms with Crippen molar-refractivity contribution >= 4 is 35.4 Å². The quantitative estimate of drug-likeness (QED) is 0.283. The number of amides is 5. The number of aromatic hydroxyl groups is 1. The minimum atomic E-state index is -1.55. The summed E-state index contributed by atoms with van der Waals surface area (Å²) in [6.07, 6.45) is 0.966. The number of aryl methyl sites for hydroxylation is 1. The van der Waals surface area contributed by atoms with E-state index in [0.717, 1.165) is 17.7 Å². The van der Waals surface area contributed by atoms with Gasteiger partial charge in [0.15, 0.2) is 11.5 Å². The van der Waals surface area contributed by atoms with Crippen LogP contribution >= 0.6 is 0 Å². The Balaban J connectivity index is 1.47. The molecule has 2 N–H and O–H groups in total. The summed E-state index contributed by atoms with van der Waals surface area (Å²) in [5.41, 5.74) is 4.59. The molecule has 2 heterocycles. The molecular weight excluding hydrogens is 614 g/mol. The molecule has 2 saturated heterocycles. The maximum atomic E-state index is 15.2. The summed E-state index contributed by atoms with van der Waals surface area (Å²) >= 11 is 0. The van der Waals surface area contributed by atoms with Crippen LogP contribution in [0.1, 0.15) is 42.4 Å². The first kappa shape index (κ1) is 31.2. The number of imide groups is 4. The standard InChI is InChI=1S/C37H35N3O8/c1-4-48-28-12-8-11-25(31(28)41)30-23-17-18-24-29(34(44)39(32(24)42)36(46)47-3)26(23)19-27-33(43)40(38-22-15-13-20(2)14-16-22)35(45)37(27,30)21-9-6-5-7-10-21/h5-17,24,26-27,29-30,38,41H,4,18-19H2,1-3H3/t24-,26+,27-,29-,30+,37+/m0/s1. The molecule has 2 aliphatic heterocycles. The lowest BCUT2D eigenvalue weighted by Crippen LogP contribution is -2.53. The van der Waals surface area contributed by atoms with Crippen LogP contribution in [0.5, 0.6) is 11.5 Å². The number of hydrazine groups is 1. The Kier molecular flexibility index (Phi) is 7.57. The molecular formula is C37H35N3O8. The van der Waals surface area contributed by atoms with Gasteiger partial charge < -0.3 is 14.6 Å². The Hall–Kier alpha value is -5.45. The number of para-hydroxylation sites is 1. The fraction of sp³-hybridized carbons (Fsp3) is 0.324. The highest BCUT2D eigenvalue weighted by atomic mass is 16.5. The third-order valence-corrected chi connectivity index (χ3v) is 10.4. The Morgan fingerprint density at radius 1 is 0.938 bits per heavy atom. The Bertz CT molecular complexity index is 1870. The van der Waals surface area contributed by atoms with Crippen molar-refractivity contribution in [1.82, 2.24) is 9.91 Å². The van der Waals surface area contributed by atoms with Gasteiger partial charge in [-0.05, 0) is 56.4 Å². The smallest absolute Gasteiger partial charge is 0.423 e. The number of phenolic OH excluding ortho intramolecular Hbond substituents is 1. The largest absolute Gasteiger partial charge is 0.504 e. The van der Waals surface area contributed by atoms with Crippen LogP contribution < -0.4 is 10.2 Å². The van der Waals surface area contributed by atoms with Crippen molar-refractivity contribution in [3.8, 4) is 11.5 Å². The molecule has 3 fully saturated rings. The van der Waals surface area contributed by atoms with E-state index in [0.29, 0.717) is 27.3 Å². The first-order chi connectivity index (χ1) is 23.1. The second-order valence-corrected chi connectivity index (χ2v) is 12.7. The van der Waals surface area contributed by atoms with Gasteiger partial charge in [0.2, 0.25) is 11.8 Å². The minimum absolute atomic E-state index is 0.0506. The predicted molar refractivity (Wildman–Crippen MR) is 172 cm³/mol. The molecule has 0 aromatic heterocycles. The molecule has 11 nitrogen and oxygen atoms in total. The van der Waals surface area contributed by atoms with Gasteiger partial charge in [-0.1, -0.05) is 71.8 Å². The SMILES string of the molecule is CCOc1cccc([C@H]2C3=CC[C@@H]4C(=O)N(C(=O)OC)C(=O)[C@@H]4[C@@H]3C[C@H]3C(=O)N(Nc4ccc(C)cc4)C(=O)[C@@]23c2ccccc2)c1O. The van der Waals surface area contributed by atoms with Crippen LogP contribution in [-0.2, 0) is 29.3 Å². The zero-order valence-corrected chi connectivity index (χ0v) is 26.7. The first-order valence-corrected chi connectivity index (χ1v) is 16.0. The van der Waals surface area contributed by atoms with Crippen molar-refractivity contribution < 1.29 is 38.6 Å². The molecule has 1 saturated carbocycles. The topological polar surface area (TPSA) is 143 Å². The van der Waals surface area contributed by atoms with Crippen LogP contribution in [0.3, 0.4) is 0 Å². The fourth-order valence-corrected chi connectivity index (χ4v) is 8.41. The highest BCUT2D eigenvalue weighted by Gasteiger charge is 2.71. The second-order valence-electron chi connectivity index (χ2n) is 12.7. The molecule has 0 unspecified atom stereocenters. The van der Waals surface area contributed by atoms with Crippen LogP contribution in [0.25, 0.3) is 0 Å². The van der Waals surface area contributed by atoms with E-state index in [1.54, 1.807) is 61.5 Å². The summed E-state index contributed by atoms with van der Waals surface area (Å²) in [4.78, 5) is 70.3. The summed E-state index contributed by atoms with van der Waals surface area (Å²) in [6, 6.07) is 21.4. The Morgan fingerprint density at radius 3 is 2.35 bits per heavy atom. The zero-order chi connectivity index (χ0) is 33.9. The normalized spacial score (nSPS) is 27.6. The van der Waals surface area contributed by atoms with Crippen LogP contribution in [-0.4, -0.2) is 58.5 Å². The van der Waals surface area contributed by atoms with Crippen molar-refractivity contribution in [3.05, 3.63) is 101 Å². The molecule has 48 heavy (non-hydrogen) atoms. The van der Waals surface area contributed by atoms with E-state index in [9.17, 15) is 24.3 Å². The third kappa shape index (κ3) is 4.36. The van der Waals surface area contributed by atoms with Crippen molar-refractivity contribution in [2.75, 3.05) is 19.1 Å². The van der Waals surface area contributed by atoms with Gasteiger partial charge in [-0.15, -0.1) is 0 Å². The summed E-state index contributed by atoms with van der Waals surface area (Å²) < 4.78 is 10.5. The number of carbonyl (C=O) groups excluding carboxylic acids is 5. The number of rotatable bonds is 6. The number of phenols is 1. The lowest BCUT2D eigenvalue weighted by atomic mass is 9.49. The number of hydrogen-bond donors (Lipinski definition) is 2. The van der Waals surface area contributed by atoms with Gasteiger partial charge in [-0.3, -0.25) is 24.6 Å². The van der Waals surface area contributed by atoms with Gasteiger partial charge in [-0.2, -0.15) is 9.91 Å². The second kappa shape index (κ2) is 11.7. The Morgan fingerprint density at radius 2 is 1.67 bits per heavy atom. The minimum Gasteiger partial charge on any atom is -0.504 e. The molecule has 3 aromatic carbocycles. The molecule has 11 heteroatoms. The summed E-state index contributed by atoms with van der Waals surface area (Å²) in [5, 5.41) is 12.8. The van der Waals surface area contributed by atoms with Gasteiger partial charge in [0.25, 0.3) is 11.8 Å². The molecule has 7 rings (SSSR count). The maximum absolute atomic E-state index is 15.2. The number of nitrogens with zero attached hydrogens (tertiary/aromatic N) is 2. The van der Waals surface area contributed by atoms with E-state index in [-0.39, 0.29) is 30.9 Å². The van der Waals surface area contributed by atoms with Crippen molar-refractivity contribution in [2.45, 2.75) is 38.0 Å². The monoisotopic (exact) mass is 649 g/mol. The van der Waals surface area contributed by atoms with Gasteiger partial charge in [-0.25, -0.2) is 4.79 Å². The lowest BCUT2D eigenvalue weighted by Gasteiger charge is -2.50. The average molecular weight is 650 g/mol. The molecule has 246 valence electrons. The first-order valence-electron chi connectivity index (χ1n) is 16.0. The number of likely N-dealkylation sites (tertiary alicyclic amines) is 1. The highest BCUT2D eigenvalue weighted by molar-refractivity contribution is 6.16. The number of ether oxygens (including phenoxy) is 2. The molecule has 0 bridgehead atoms. The number of allylic oxidation sites excluding steroid dienone is 2. The van der Waals surface area contributed by atoms with Gasteiger partial charge in [0.1, 0.15) is 0 Å². The van der Waals surface area contributed by atoms with Crippen LogP contribution in [0, 0.1) is 30.6 Å². The van der Waals surface area contributed by atoms with E-state index in [1.165, 1.54) is 0 Å². The number of benzene rings is 3. The summed E-state index contributed by atoms with van der Waals surface area (Å²) in [6.45, 7) is 3.99. The molecule has 3 aromatic rings. The zero-order valence-electron chi connectivity index (χ0n) is 26.7. The molecule has 5 amide bonds. The molecule has 0 spiro atoms. The number of hydrogen-bond acceptors (Lipinski definition) is 9. The van der Waals surface area contributed by atoms with Gasteiger partial charge in [0, 0.05) is 11.5 Å². The van der Waals surface area contributed by atoms with Gasteiger partial charge in [0.05, 0.1) is 42.6 Å². The van der Waals surface area contributed by atoms with Crippen LogP contribution in [0.2, 0.25) is 0 Å². The highest BCUT2D eigenvalue weighted by Crippen LogP contribution is 2.65. The van der Waals surface area contributed by atoms with Crippen molar-refractivity contribution in [1.29, 1.82) is 0 Å². The van der Waals surface area contributed by atoms with Crippen molar-refractivity contribution in [2.24, 2.45) is 23.7 Å². The molecule has 4 aliphatic rings. The van der Waals surface area contributed by atoms with E-state index < -0.39 is 64.7 Å². The Labute approximate surface area is 277 Å².